The molecule has 0 radical (unpaired) electrons. The van der Waals surface area contributed by atoms with E-state index < -0.39 is 5.41 Å². The van der Waals surface area contributed by atoms with Gasteiger partial charge in [0.05, 0.1) is 5.41 Å². The zero-order valence-electron chi connectivity index (χ0n) is 12.0. The normalized spacial score (nSPS) is 16.3. The molecule has 3 N–H and O–H groups in total. The van der Waals surface area contributed by atoms with E-state index in [2.05, 4.69) is 19.2 Å². The van der Waals surface area contributed by atoms with Crippen LogP contribution in [0.3, 0.4) is 0 Å². The Kier molecular flexibility index (Phi) is 8.23. The zero-order valence-corrected chi connectivity index (χ0v) is 12.0. The van der Waals surface area contributed by atoms with Gasteiger partial charge in [0.15, 0.2) is 0 Å². The van der Waals surface area contributed by atoms with Crippen LogP contribution >= 0.6 is 0 Å². The monoisotopic (exact) mass is 242 g/mol. The van der Waals surface area contributed by atoms with Crippen molar-refractivity contribution in [1.29, 1.82) is 0 Å². The van der Waals surface area contributed by atoms with Crippen LogP contribution in [-0.2, 0) is 4.79 Å². The maximum atomic E-state index is 12.2. The van der Waals surface area contributed by atoms with Crippen molar-refractivity contribution in [2.24, 2.45) is 11.1 Å². The van der Waals surface area contributed by atoms with Crippen molar-refractivity contribution < 1.29 is 4.79 Å². The second-order valence-electron chi connectivity index (χ2n) is 5.22. The first-order valence-corrected chi connectivity index (χ1v) is 7.05. The second kappa shape index (κ2) is 8.51. The minimum absolute atomic E-state index is 0.122. The van der Waals surface area contributed by atoms with Crippen molar-refractivity contribution in [2.45, 2.75) is 72.3 Å². The van der Waals surface area contributed by atoms with E-state index in [1.54, 1.807) is 0 Å². The van der Waals surface area contributed by atoms with E-state index in [1.807, 2.05) is 13.8 Å². The Balaban J connectivity index is 4.37. The summed E-state index contributed by atoms with van der Waals surface area (Å²) in [6.07, 6.45) is 6.41. The maximum absolute atomic E-state index is 12.2. The maximum Gasteiger partial charge on any atom is 0.227 e. The molecule has 0 spiro atoms. The van der Waals surface area contributed by atoms with Gasteiger partial charge in [-0.1, -0.05) is 40.0 Å². The van der Waals surface area contributed by atoms with Gasteiger partial charge in [0.1, 0.15) is 0 Å². The number of amides is 1. The molecule has 0 fully saturated rings. The van der Waals surface area contributed by atoms with Crippen molar-refractivity contribution in [3.8, 4) is 0 Å². The van der Waals surface area contributed by atoms with Crippen LogP contribution in [0.15, 0.2) is 0 Å². The van der Waals surface area contributed by atoms with Gasteiger partial charge in [0.25, 0.3) is 0 Å². The first-order valence-electron chi connectivity index (χ1n) is 7.05. The molecule has 0 aromatic carbocycles. The van der Waals surface area contributed by atoms with E-state index in [0.717, 1.165) is 25.7 Å². The van der Waals surface area contributed by atoms with Crippen molar-refractivity contribution in [3.05, 3.63) is 0 Å². The molecular weight excluding hydrogens is 212 g/mol. The van der Waals surface area contributed by atoms with Crippen LogP contribution in [0.5, 0.6) is 0 Å². The molecule has 0 aliphatic rings. The molecule has 0 rings (SSSR count). The summed E-state index contributed by atoms with van der Waals surface area (Å²) in [5.41, 5.74) is 5.30. The average Bonchev–Trinajstić information content (AvgIpc) is 2.35. The Labute approximate surface area is 107 Å². The first-order chi connectivity index (χ1) is 8.03. The highest BCUT2D eigenvalue weighted by Crippen LogP contribution is 2.20. The van der Waals surface area contributed by atoms with Gasteiger partial charge in [-0.25, -0.2) is 0 Å². The molecule has 0 saturated carbocycles. The lowest BCUT2D eigenvalue weighted by Crippen LogP contribution is -2.47. The number of nitrogens with one attached hydrogen (secondary N) is 1. The van der Waals surface area contributed by atoms with Crippen LogP contribution in [0.4, 0.5) is 0 Å². The number of rotatable bonds is 9. The smallest absolute Gasteiger partial charge is 0.227 e. The van der Waals surface area contributed by atoms with Gasteiger partial charge in [-0.3, -0.25) is 4.79 Å². The quantitative estimate of drug-likeness (QED) is 0.653. The molecule has 0 heterocycles. The molecule has 0 aliphatic carbocycles. The highest BCUT2D eigenvalue weighted by molar-refractivity contribution is 5.82. The molecule has 3 heteroatoms. The van der Waals surface area contributed by atoms with Crippen molar-refractivity contribution in [3.63, 3.8) is 0 Å². The van der Waals surface area contributed by atoms with Crippen LogP contribution in [0.1, 0.15) is 66.2 Å². The topological polar surface area (TPSA) is 55.1 Å². The Bertz CT molecular complexity index is 212. The standard InChI is InChI=1S/C14H30N2O/c1-5-8-10-12(9-6-2)16-13(17)14(4,7-3)11-15/h12H,5-11,15H2,1-4H3,(H,16,17). The van der Waals surface area contributed by atoms with Crippen molar-refractivity contribution in [2.75, 3.05) is 6.54 Å². The summed E-state index contributed by atoms with van der Waals surface area (Å²) in [5, 5.41) is 3.18. The van der Waals surface area contributed by atoms with Crippen molar-refractivity contribution >= 4 is 5.91 Å². The third kappa shape index (κ3) is 5.53. The average molecular weight is 242 g/mol. The van der Waals surface area contributed by atoms with Crippen LogP contribution in [-0.4, -0.2) is 18.5 Å². The summed E-state index contributed by atoms with van der Waals surface area (Å²) < 4.78 is 0. The van der Waals surface area contributed by atoms with E-state index in [-0.39, 0.29) is 5.91 Å². The molecule has 0 saturated heterocycles. The molecule has 0 bridgehead atoms. The molecule has 1 amide bonds. The molecule has 2 atom stereocenters. The number of unbranched alkanes of at least 4 members (excludes halogenated alkanes) is 1. The van der Waals surface area contributed by atoms with E-state index >= 15 is 0 Å². The molecule has 0 aliphatic heterocycles. The third-order valence-electron chi connectivity index (χ3n) is 3.66. The second-order valence-corrected chi connectivity index (χ2v) is 5.22. The Hall–Kier alpha value is -0.570. The summed E-state index contributed by atoms with van der Waals surface area (Å²) in [6.45, 7) is 8.73. The number of hydrogen-bond donors (Lipinski definition) is 2. The summed E-state index contributed by atoms with van der Waals surface area (Å²) >= 11 is 0. The highest BCUT2D eigenvalue weighted by Gasteiger charge is 2.30. The van der Waals surface area contributed by atoms with Gasteiger partial charge in [0.2, 0.25) is 5.91 Å². The molecule has 0 aromatic rings. The van der Waals surface area contributed by atoms with E-state index in [1.165, 1.54) is 12.8 Å². The van der Waals surface area contributed by atoms with E-state index in [0.29, 0.717) is 12.6 Å². The zero-order chi connectivity index (χ0) is 13.3. The van der Waals surface area contributed by atoms with Crippen LogP contribution in [0.2, 0.25) is 0 Å². The predicted molar refractivity (Wildman–Crippen MR) is 73.8 cm³/mol. The fraction of sp³-hybridized carbons (Fsp3) is 0.929. The minimum atomic E-state index is -0.405. The summed E-state index contributed by atoms with van der Waals surface area (Å²) in [7, 11) is 0. The lowest BCUT2D eigenvalue weighted by atomic mass is 9.86. The fourth-order valence-electron chi connectivity index (χ4n) is 1.84. The summed E-state index contributed by atoms with van der Waals surface area (Å²) in [6, 6.07) is 0.324. The van der Waals surface area contributed by atoms with Crippen LogP contribution in [0, 0.1) is 5.41 Å². The molecule has 3 nitrogen and oxygen atoms in total. The third-order valence-corrected chi connectivity index (χ3v) is 3.66. The van der Waals surface area contributed by atoms with Crippen molar-refractivity contribution in [1.82, 2.24) is 5.32 Å². The van der Waals surface area contributed by atoms with Gasteiger partial charge in [-0.2, -0.15) is 0 Å². The highest BCUT2D eigenvalue weighted by atomic mass is 16.2. The number of carbonyl (C=O) groups is 1. The van der Waals surface area contributed by atoms with Gasteiger partial charge < -0.3 is 11.1 Å². The number of carbonyl (C=O) groups excluding carboxylic acids is 1. The summed E-state index contributed by atoms with van der Waals surface area (Å²) in [5.74, 6) is 0.122. The van der Waals surface area contributed by atoms with Crippen LogP contribution in [0.25, 0.3) is 0 Å². The Morgan fingerprint density at radius 3 is 2.29 bits per heavy atom. The molecule has 2 unspecified atom stereocenters. The lowest BCUT2D eigenvalue weighted by Gasteiger charge is -2.28. The van der Waals surface area contributed by atoms with Gasteiger partial charge >= 0.3 is 0 Å². The molecule has 0 aromatic heterocycles. The fourth-order valence-corrected chi connectivity index (χ4v) is 1.84. The van der Waals surface area contributed by atoms with Gasteiger partial charge in [-0.05, 0) is 26.2 Å². The predicted octanol–water partition coefficient (Wildman–Crippen LogP) is 2.84. The van der Waals surface area contributed by atoms with E-state index in [4.69, 9.17) is 5.73 Å². The Morgan fingerprint density at radius 1 is 1.24 bits per heavy atom. The lowest BCUT2D eigenvalue weighted by molar-refractivity contribution is -0.130. The molecule has 17 heavy (non-hydrogen) atoms. The Morgan fingerprint density at radius 2 is 1.88 bits per heavy atom. The minimum Gasteiger partial charge on any atom is -0.353 e. The molecular formula is C14H30N2O. The summed E-state index contributed by atoms with van der Waals surface area (Å²) in [4.78, 5) is 12.2. The van der Waals surface area contributed by atoms with Gasteiger partial charge in [0, 0.05) is 12.6 Å². The van der Waals surface area contributed by atoms with Gasteiger partial charge in [-0.15, -0.1) is 0 Å². The largest absolute Gasteiger partial charge is 0.353 e. The number of nitrogens with two attached hydrogens (primary N) is 1. The van der Waals surface area contributed by atoms with Crippen LogP contribution < -0.4 is 11.1 Å². The SMILES string of the molecule is CCCCC(CCC)NC(=O)C(C)(CC)CN. The van der Waals surface area contributed by atoms with E-state index in [9.17, 15) is 4.79 Å². The molecule has 102 valence electrons. The first kappa shape index (κ1) is 16.4. The number of hydrogen-bond acceptors (Lipinski definition) is 2.